The number of esters is 4. The largest absolute Gasteiger partial charge is 0.462 e. The first kappa shape index (κ1) is 40.3. The molecule has 2 aromatic carbocycles. The van der Waals surface area contributed by atoms with E-state index in [1.807, 2.05) is 96.9 Å². The number of hydrogen-bond donors (Lipinski definition) is 0. The monoisotopic (exact) mass is 640 g/mol. The Morgan fingerprint density at radius 3 is 0.848 bits per heavy atom. The smallest absolute Gasteiger partial charge is 0.339 e. The molecule has 0 heterocycles. The van der Waals surface area contributed by atoms with Gasteiger partial charge in [-0.25, -0.2) is 19.2 Å². The molecule has 0 atom stereocenters. The van der Waals surface area contributed by atoms with Crippen LogP contribution in [-0.2, 0) is 18.9 Å². The molecule has 0 unspecified atom stereocenters. The molecule has 0 saturated heterocycles. The quantitative estimate of drug-likeness (QED) is 0.208. The predicted molar refractivity (Wildman–Crippen MR) is 181 cm³/mol. The van der Waals surface area contributed by atoms with Crippen molar-refractivity contribution in [1.29, 1.82) is 0 Å². The van der Waals surface area contributed by atoms with Crippen molar-refractivity contribution in [3.8, 4) is 0 Å². The topological polar surface area (TPSA) is 105 Å². The minimum atomic E-state index is -0.498. The van der Waals surface area contributed by atoms with Gasteiger partial charge in [0.05, 0.1) is 48.7 Å². The van der Waals surface area contributed by atoms with Crippen LogP contribution >= 0.6 is 0 Å². The minimum Gasteiger partial charge on any atom is -0.462 e. The van der Waals surface area contributed by atoms with Crippen LogP contribution in [0.15, 0.2) is 36.4 Å². The summed E-state index contributed by atoms with van der Waals surface area (Å²) in [4.78, 5) is 49.3. The highest BCUT2D eigenvalue weighted by molar-refractivity contribution is 6.04. The van der Waals surface area contributed by atoms with Crippen molar-refractivity contribution < 1.29 is 38.1 Å². The van der Waals surface area contributed by atoms with Gasteiger partial charge >= 0.3 is 23.9 Å². The summed E-state index contributed by atoms with van der Waals surface area (Å²) in [5.41, 5.74) is 2.26. The second-order valence-electron chi connectivity index (χ2n) is 16.6. The lowest BCUT2D eigenvalue weighted by Crippen LogP contribution is -2.22. The van der Waals surface area contributed by atoms with Crippen LogP contribution in [0.3, 0.4) is 0 Å². The van der Waals surface area contributed by atoms with Gasteiger partial charge in [-0.3, -0.25) is 0 Å². The van der Waals surface area contributed by atoms with Gasteiger partial charge in [-0.05, 0) is 59.8 Å². The molecule has 0 spiro atoms. The standard InChI is InChI=1S/2C19H28O4/c2*1-13-8-9-14(16(20)22-11-18(2,3)4)15(10-13)17(21)23-12-19(5,6)7/h2*8-10H,11-12H2,1-7H3. The van der Waals surface area contributed by atoms with Gasteiger partial charge in [0.1, 0.15) is 0 Å². The van der Waals surface area contributed by atoms with Gasteiger partial charge in [-0.15, -0.1) is 0 Å². The molecular formula is C38H56O8. The van der Waals surface area contributed by atoms with E-state index in [4.69, 9.17) is 18.9 Å². The fourth-order valence-corrected chi connectivity index (χ4v) is 3.45. The number of carbonyl (C=O) groups excluding carboxylic acids is 4. The SMILES string of the molecule is Cc1ccc(C(=O)OCC(C)(C)C)c(C(=O)OCC(C)(C)C)c1.Cc1ccc(C(=O)OCC(C)(C)C)c(C(=O)OCC(C)(C)C)c1. The summed E-state index contributed by atoms with van der Waals surface area (Å²) in [6.45, 7) is 28.7. The van der Waals surface area contributed by atoms with E-state index in [0.717, 1.165) is 11.1 Å². The molecule has 0 aliphatic carbocycles. The summed E-state index contributed by atoms with van der Waals surface area (Å²) in [5.74, 6) is -1.98. The molecule has 0 aliphatic heterocycles. The fraction of sp³-hybridized carbons (Fsp3) is 0.579. The minimum absolute atomic E-state index is 0.132. The van der Waals surface area contributed by atoms with Gasteiger partial charge in [-0.2, -0.15) is 0 Å². The first-order valence-corrected chi connectivity index (χ1v) is 15.7. The molecule has 0 bridgehead atoms. The van der Waals surface area contributed by atoms with Crippen LogP contribution in [0.5, 0.6) is 0 Å². The third-order valence-corrected chi connectivity index (χ3v) is 5.77. The van der Waals surface area contributed by atoms with Crippen LogP contribution in [0.25, 0.3) is 0 Å². The second-order valence-corrected chi connectivity index (χ2v) is 16.6. The van der Waals surface area contributed by atoms with Gasteiger partial charge in [0.2, 0.25) is 0 Å². The highest BCUT2D eigenvalue weighted by Gasteiger charge is 2.25. The summed E-state index contributed by atoms with van der Waals surface area (Å²) in [6.07, 6.45) is 0. The Morgan fingerprint density at radius 1 is 0.413 bits per heavy atom. The number of rotatable bonds is 8. The average molecular weight is 641 g/mol. The lowest BCUT2D eigenvalue weighted by molar-refractivity contribution is 0.0322. The Kier molecular flexibility index (Phi) is 14.2. The van der Waals surface area contributed by atoms with Crippen LogP contribution in [0.4, 0.5) is 0 Å². The number of hydrogen-bond acceptors (Lipinski definition) is 8. The maximum atomic E-state index is 12.3. The van der Waals surface area contributed by atoms with Crippen molar-refractivity contribution in [2.24, 2.45) is 21.7 Å². The van der Waals surface area contributed by atoms with Crippen molar-refractivity contribution in [2.75, 3.05) is 26.4 Å². The molecule has 8 nitrogen and oxygen atoms in total. The Morgan fingerprint density at radius 2 is 0.630 bits per heavy atom. The van der Waals surface area contributed by atoms with Crippen LogP contribution in [0, 0.1) is 35.5 Å². The van der Waals surface area contributed by atoms with E-state index < -0.39 is 23.9 Å². The van der Waals surface area contributed by atoms with Gasteiger partial charge in [0.25, 0.3) is 0 Å². The van der Waals surface area contributed by atoms with E-state index in [1.54, 1.807) is 36.4 Å². The second kappa shape index (κ2) is 16.2. The zero-order valence-corrected chi connectivity index (χ0v) is 30.6. The van der Waals surface area contributed by atoms with Gasteiger partial charge in [0, 0.05) is 0 Å². The molecule has 0 aromatic heterocycles. The van der Waals surface area contributed by atoms with Gasteiger partial charge in [-0.1, -0.05) is 106 Å². The van der Waals surface area contributed by atoms with Crippen molar-refractivity contribution in [3.05, 3.63) is 69.8 Å². The summed E-state index contributed by atoms with van der Waals surface area (Å²) in [7, 11) is 0. The molecule has 0 fully saturated rings. The Balaban J connectivity index is 0.000000460. The van der Waals surface area contributed by atoms with Crippen molar-refractivity contribution >= 4 is 23.9 Å². The first-order chi connectivity index (χ1) is 20.8. The zero-order chi connectivity index (χ0) is 35.7. The number of benzene rings is 2. The molecule has 2 rings (SSSR count). The lowest BCUT2D eigenvalue weighted by atomic mass is 9.98. The van der Waals surface area contributed by atoms with Crippen molar-refractivity contribution in [3.63, 3.8) is 0 Å². The maximum absolute atomic E-state index is 12.3. The highest BCUT2D eigenvalue weighted by atomic mass is 16.5. The summed E-state index contributed by atoms with van der Waals surface area (Å²) in [5, 5.41) is 0. The Labute approximate surface area is 276 Å². The maximum Gasteiger partial charge on any atom is 0.339 e. The number of carbonyl (C=O) groups is 4. The molecule has 0 aliphatic rings. The van der Waals surface area contributed by atoms with Crippen LogP contribution in [-0.4, -0.2) is 50.3 Å². The predicted octanol–water partition coefficient (Wildman–Crippen LogP) is 8.80. The van der Waals surface area contributed by atoms with E-state index >= 15 is 0 Å². The molecule has 0 saturated carbocycles. The van der Waals surface area contributed by atoms with Crippen LogP contribution in [0.1, 0.15) is 136 Å². The molecule has 2 aromatic rings. The van der Waals surface area contributed by atoms with Crippen molar-refractivity contribution in [2.45, 2.75) is 96.9 Å². The molecular weight excluding hydrogens is 584 g/mol. The third-order valence-electron chi connectivity index (χ3n) is 5.77. The van der Waals surface area contributed by atoms with E-state index in [-0.39, 0.29) is 70.3 Å². The fourth-order valence-electron chi connectivity index (χ4n) is 3.45. The van der Waals surface area contributed by atoms with Gasteiger partial charge < -0.3 is 18.9 Å². The summed E-state index contributed by atoms with van der Waals surface area (Å²) < 4.78 is 21.3. The molecule has 46 heavy (non-hydrogen) atoms. The van der Waals surface area contributed by atoms with Crippen LogP contribution < -0.4 is 0 Å². The normalized spacial score (nSPS) is 12.0. The molecule has 8 heteroatoms. The zero-order valence-electron chi connectivity index (χ0n) is 30.6. The molecule has 0 amide bonds. The Hall–Kier alpha value is -3.68. The highest BCUT2D eigenvalue weighted by Crippen LogP contribution is 2.22. The van der Waals surface area contributed by atoms with Gasteiger partial charge in [0.15, 0.2) is 0 Å². The molecule has 0 N–H and O–H groups in total. The lowest BCUT2D eigenvalue weighted by Gasteiger charge is -2.20. The number of aryl methyl sites for hydroxylation is 2. The first-order valence-electron chi connectivity index (χ1n) is 15.7. The van der Waals surface area contributed by atoms with E-state index in [1.165, 1.54) is 0 Å². The van der Waals surface area contributed by atoms with E-state index in [2.05, 4.69) is 0 Å². The Bertz CT molecular complexity index is 1250. The van der Waals surface area contributed by atoms with Crippen molar-refractivity contribution in [1.82, 2.24) is 0 Å². The average Bonchev–Trinajstić information content (AvgIpc) is 2.90. The van der Waals surface area contributed by atoms with E-state index in [0.29, 0.717) is 0 Å². The molecule has 256 valence electrons. The van der Waals surface area contributed by atoms with E-state index in [9.17, 15) is 19.2 Å². The van der Waals surface area contributed by atoms with Crippen LogP contribution in [0.2, 0.25) is 0 Å². The molecule has 0 radical (unpaired) electrons. The number of ether oxygens (including phenoxy) is 4. The summed E-state index contributed by atoms with van der Waals surface area (Å²) in [6, 6.07) is 10.1. The summed E-state index contributed by atoms with van der Waals surface area (Å²) >= 11 is 0. The third kappa shape index (κ3) is 16.1.